The zero-order valence-electron chi connectivity index (χ0n) is 11.6. The average Bonchev–Trinajstić information content (AvgIpc) is 2.39. The van der Waals surface area contributed by atoms with Gasteiger partial charge in [0.2, 0.25) is 0 Å². The summed E-state index contributed by atoms with van der Waals surface area (Å²) in [5.74, 6) is 3.60. The Labute approximate surface area is 115 Å². The fourth-order valence-electron chi connectivity index (χ4n) is 4.67. The van der Waals surface area contributed by atoms with Crippen LogP contribution in [0.3, 0.4) is 0 Å². The van der Waals surface area contributed by atoms with E-state index in [-0.39, 0.29) is 0 Å². The number of aryl methyl sites for hydroxylation is 1. The van der Waals surface area contributed by atoms with E-state index in [9.17, 15) is 0 Å². The van der Waals surface area contributed by atoms with Crippen molar-refractivity contribution in [2.75, 3.05) is 5.43 Å². The van der Waals surface area contributed by atoms with E-state index in [0.29, 0.717) is 0 Å². The third-order valence-electron chi connectivity index (χ3n) is 5.43. The van der Waals surface area contributed by atoms with Crippen LogP contribution in [0, 0.1) is 30.6 Å². The van der Waals surface area contributed by atoms with Crippen LogP contribution in [0.25, 0.3) is 0 Å². The molecule has 5 rings (SSSR count). The first-order valence-electron chi connectivity index (χ1n) is 7.68. The molecule has 100 valence electrons. The van der Waals surface area contributed by atoms with Crippen LogP contribution < -0.4 is 5.43 Å². The highest BCUT2D eigenvalue weighted by molar-refractivity contribution is 5.91. The lowest BCUT2D eigenvalue weighted by Crippen LogP contribution is -2.45. The molecule has 0 spiro atoms. The Morgan fingerprint density at radius 1 is 0.947 bits per heavy atom. The summed E-state index contributed by atoms with van der Waals surface area (Å²) in [7, 11) is 0. The summed E-state index contributed by atoms with van der Waals surface area (Å²) in [6, 6.07) is 8.41. The Morgan fingerprint density at radius 2 is 1.58 bits per heavy atom. The summed E-state index contributed by atoms with van der Waals surface area (Å²) in [6.07, 6.45) is 7.12. The molecular formula is C17H22N2. The van der Waals surface area contributed by atoms with Crippen molar-refractivity contribution in [3.8, 4) is 0 Å². The minimum Gasteiger partial charge on any atom is -0.278 e. The van der Waals surface area contributed by atoms with E-state index in [1.165, 1.54) is 43.4 Å². The number of anilines is 1. The van der Waals surface area contributed by atoms with Gasteiger partial charge in [-0.25, -0.2) is 0 Å². The number of hydrazone groups is 1. The van der Waals surface area contributed by atoms with Crippen molar-refractivity contribution in [1.82, 2.24) is 0 Å². The number of nitrogens with zero attached hydrogens (tertiary/aromatic N) is 1. The molecule has 19 heavy (non-hydrogen) atoms. The van der Waals surface area contributed by atoms with Crippen LogP contribution in [0.1, 0.15) is 37.7 Å². The van der Waals surface area contributed by atoms with Gasteiger partial charge < -0.3 is 0 Å². The number of hydrogen-bond acceptors (Lipinski definition) is 2. The third kappa shape index (κ3) is 1.98. The second-order valence-corrected chi connectivity index (χ2v) is 6.77. The quantitative estimate of drug-likeness (QED) is 0.785. The third-order valence-corrected chi connectivity index (χ3v) is 5.43. The topological polar surface area (TPSA) is 24.4 Å². The first-order valence-corrected chi connectivity index (χ1v) is 7.68. The number of hydrogen-bond donors (Lipinski definition) is 1. The molecule has 0 aromatic heterocycles. The highest BCUT2D eigenvalue weighted by Gasteiger charge is 2.46. The van der Waals surface area contributed by atoms with Gasteiger partial charge in [0.25, 0.3) is 0 Å². The van der Waals surface area contributed by atoms with Gasteiger partial charge in [0.05, 0.1) is 5.69 Å². The van der Waals surface area contributed by atoms with Crippen molar-refractivity contribution in [1.29, 1.82) is 0 Å². The monoisotopic (exact) mass is 254 g/mol. The first-order chi connectivity index (χ1) is 9.29. The van der Waals surface area contributed by atoms with E-state index in [0.717, 1.165) is 29.4 Å². The lowest BCUT2D eigenvalue weighted by molar-refractivity contribution is 0.108. The molecule has 2 heteroatoms. The molecule has 0 amide bonds. The SMILES string of the molecule is Cc1ccccc1NN=C1C2CC3CC(C2)CC1C3. The normalized spacial score (nSPS) is 35.5. The average molecular weight is 254 g/mol. The molecule has 0 unspecified atom stereocenters. The summed E-state index contributed by atoms with van der Waals surface area (Å²) in [5.41, 5.74) is 7.24. The number of para-hydroxylation sites is 1. The Bertz CT molecular complexity index is 488. The smallest absolute Gasteiger partial charge is 0.0590 e. The van der Waals surface area contributed by atoms with Crippen molar-refractivity contribution in [2.24, 2.45) is 28.8 Å². The molecule has 0 aliphatic heterocycles. The molecule has 0 atom stereocenters. The van der Waals surface area contributed by atoms with E-state index in [4.69, 9.17) is 5.10 Å². The van der Waals surface area contributed by atoms with E-state index >= 15 is 0 Å². The molecule has 4 fully saturated rings. The van der Waals surface area contributed by atoms with E-state index in [2.05, 4.69) is 36.6 Å². The molecule has 0 saturated heterocycles. The van der Waals surface area contributed by atoms with E-state index in [1.54, 1.807) is 0 Å². The molecule has 1 aromatic carbocycles. The number of benzene rings is 1. The van der Waals surface area contributed by atoms with Crippen molar-refractivity contribution in [2.45, 2.75) is 39.0 Å². The maximum absolute atomic E-state index is 4.82. The van der Waals surface area contributed by atoms with E-state index in [1.807, 2.05) is 0 Å². The van der Waals surface area contributed by atoms with Crippen molar-refractivity contribution >= 4 is 11.4 Å². The molecule has 1 aromatic rings. The van der Waals surface area contributed by atoms with Crippen molar-refractivity contribution in [3.63, 3.8) is 0 Å². The Balaban J connectivity index is 1.56. The molecule has 2 nitrogen and oxygen atoms in total. The van der Waals surface area contributed by atoms with Gasteiger partial charge in [-0.15, -0.1) is 0 Å². The van der Waals surface area contributed by atoms with Gasteiger partial charge in [0.1, 0.15) is 0 Å². The Morgan fingerprint density at radius 3 is 2.21 bits per heavy atom. The predicted octanol–water partition coefficient (Wildman–Crippen LogP) is 4.22. The van der Waals surface area contributed by atoms with Crippen LogP contribution in [0.15, 0.2) is 29.4 Å². The number of rotatable bonds is 2. The summed E-state index contributed by atoms with van der Waals surface area (Å²) in [6.45, 7) is 2.14. The second kappa shape index (κ2) is 4.36. The van der Waals surface area contributed by atoms with Crippen LogP contribution in [-0.4, -0.2) is 5.71 Å². The maximum atomic E-state index is 4.82. The summed E-state index contributed by atoms with van der Waals surface area (Å²) >= 11 is 0. The lowest BCUT2D eigenvalue weighted by atomic mass is 9.55. The molecule has 0 radical (unpaired) electrons. The Kier molecular flexibility index (Phi) is 2.64. The molecule has 4 aliphatic carbocycles. The van der Waals surface area contributed by atoms with Gasteiger partial charge in [0.15, 0.2) is 0 Å². The molecule has 4 bridgehead atoms. The van der Waals surface area contributed by atoms with Crippen LogP contribution >= 0.6 is 0 Å². The van der Waals surface area contributed by atoms with Crippen LogP contribution in [0.2, 0.25) is 0 Å². The van der Waals surface area contributed by atoms with Gasteiger partial charge in [-0.1, -0.05) is 18.2 Å². The standard InChI is InChI=1S/C17H22N2/c1-11-4-2-3-5-16(11)18-19-17-14-7-12-6-13(9-14)10-15(17)8-12/h2-5,12-15,18H,6-10H2,1H3. The minimum atomic E-state index is 0.785. The van der Waals surface area contributed by atoms with Crippen LogP contribution in [0.4, 0.5) is 5.69 Å². The second-order valence-electron chi connectivity index (χ2n) is 6.77. The number of nitrogens with one attached hydrogen (secondary N) is 1. The highest BCUT2D eigenvalue weighted by Crippen LogP contribution is 2.52. The molecule has 4 aliphatic rings. The first kappa shape index (κ1) is 11.5. The summed E-state index contributed by atoms with van der Waals surface area (Å²) < 4.78 is 0. The summed E-state index contributed by atoms with van der Waals surface area (Å²) in [5, 5.41) is 4.82. The van der Waals surface area contributed by atoms with Crippen molar-refractivity contribution < 1.29 is 0 Å². The van der Waals surface area contributed by atoms with Crippen LogP contribution in [0.5, 0.6) is 0 Å². The Hall–Kier alpha value is -1.31. The zero-order valence-corrected chi connectivity index (χ0v) is 11.6. The van der Waals surface area contributed by atoms with Gasteiger partial charge >= 0.3 is 0 Å². The van der Waals surface area contributed by atoms with E-state index < -0.39 is 0 Å². The van der Waals surface area contributed by atoms with Gasteiger partial charge in [0, 0.05) is 5.71 Å². The molecular weight excluding hydrogens is 232 g/mol. The zero-order chi connectivity index (χ0) is 12.8. The molecule has 1 N–H and O–H groups in total. The fourth-order valence-corrected chi connectivity index (χ4v) is 4.67. The molecule has 0 heterocycles. The van der Waals surface area contributed by atoms with Gasteiger partial charge in [-0.2, -0.15) is 5.10 Å². The van der Waals surface area contributed by atoms with Crippen LogP contribution in [-0.2, 0) is 0 Å². The summed E-state index contributed by atoms with van der Waals surface area (Å²) in [4.78, 5) is 0. The van der Waals surface area contributed by atoms with Gasteiger partial charge in [-0.3, -0.25) is 5.43 Å². The van der Waals surface area contributed by atoms with Gasteiger partial charge in [-0.05, 0) is 74.3 Å². The maximum Gasteiger partial charge on any atom is 0.0590 e. The minimum absolute atomic E-state index is 0.785. The lowest BCUT2D eigenvalue weighted by Gasteiger charge is -2.50. The highest BCUT2D eigenvalue weighted by atomic mass is 15.3. The largest absolute Gasteiger partial charge is 0.278 e. The predicted molar refractivity (Wildman–Crippen MR) is 79.3 cm³/mol. The van der Waals surface area contributed by atoms with Crippen molar-refractivity contribution in [3.05, 3.63) is 29.8 Å². The fraction of sp³-hybridized carbons (Fsp3) is 0.588. The molecule has 4 saturated carbocycles.